The number of halogens is 2. The first kappa shape index (κ1) is 16.4. The van der Waals surface area contributed by atoms with Crippen LogP contribution in [0, 0.1) is 12.7 Å². The van der Waals surface area contributed by atoms with Crippen LogP contribution in [0.3, 0.4) is 0 Å². The van der Waals surface area contributed by atoms with E-state index >= 15 is 0 Å². The summed E-state index contributed by atoms with van der Waals surface area (Å²) >= 11 is 7.16. The lowest BCUT2D eigenvalue weighted by molar-refractivity contribution is 0.262. The van der Waals surface area contributed by atoms with Crippen LogP contribution in [0.2, 0.25) is 5.02 Å². The van der Waals surface area contributed by atoms with E-state index in [0.717, 1.165) is 16.1 Å². The Morgan fingerprint density at radius 1 is 1.08 bits per heavy atom. The molecule has 1 aromatic heterocycles. The maximum atomic E-state index is 13.0. The van der Waals surface area contributed by atoms with Gasteiger partial charge >= 0.3 is 6.03 Å². The molecule has 1 heterocycles. The van der Waals surface area contributed by atoms with Crippen molar-refractivity contribution >= 4 is 39.8 Å². The molecule has 4 nitrogen and oxygen atoms in total. The third kappa shape index (κ3) is 3.90. The number of urea groups is 1. The molecule has 3 aromatic rings. The van der Waals surface area contributed by atoms with Crippen molar-refractivity contribution < 1.29 is 9.18 Å². The molecule has 3 rings (SSSR count). The molecule has 0 aliphatic carbocycles. The number of hydrogen-bond donors (Lipinski definition) is 2. The van der Waals surface area contributed by atoms with E-state index in [-0.39, 0.29) is 5.82 Å². The van der Waals surface area contributed by atoms with Crippen LogP contribution in [0.4, 0.5) is 20.0 Å². The number of benzene rings is 2. The fraction of sp³-hybridized carbons (Fsp3) is 0.0588. The van der Waals surface area contributed by atoms with Gasteiger partial charge in [0.05, 0.1) is 5.69 Å². The van der Waals surface area contributed by atoms with Gasteiger partial charge in [-0.05, 0) is 55.5 Å². The topological polar surface area (TPSA) is 54.0 Å². The van der Waals surface area contributed by atoms with Crippen LogP contribution >= 0.6 is 22.9 Å². The largest absolute Gasteiger partial charge is 0.325 e. The summed E-state index contributed by atoms with van der Waals surface area (Å²) in [6.45, 7) is 1.90. The third-order valence-electron chi connectivity index (χ3n) is 3.24. The average Bonchev–Trinajstić information content (AvgIpc) is 2.90. The molecule has 0 radical (unpaired) electrons. The predicted molar refractivity (Wildman–Crippen MR) is 96.3 cm³/mol. The van der Waals surface area contributed by atoms with E-state index in [4.69, 9.17) is 11.6 Å². The molecule has 0 aliphatic rings. The molecule has 24 heavy (non-hydrogen) atoms. The molecule has 0 saturated heterocycles. The van der Waals surface area contributed by atoms with Crippen LogP contribution in [0.15, 0.2) is 48.5 Å². The maximum Gasteiger partial charge on any atom is 0.325 e. The lowest BCUT2D eigenvalue weighted by atomic mass is 10.1. The van der Waals surface area contributed by atoms with E-state index in [0.29, 0.717) is 15.8 Å². The Labute approximate surface area is 147 Å². The highest BCUT2D eigenvalue weighted by molar-refractivity contribution is 7.16. The zero-order chi connectivity index (χ0) is 17.1. The normalized spacial score (nSPS) is 10.5. The standard InChI is InChI=1S/C17H13ClFN3OS/c1-10-15(11-2-6-13(19)7-3-11)21-17(24-10)22-16(23)20-14-8-4-12(18)5-9-14/h2-9H,1H3,(H2,20,21,22,23). The second-order valence-corrected chi connectivity index (χ2v) is 6.66. The van der Waals surface area contributed by atoms with Gasteiger partial charge in [-0.25, -0.2) is 14.2 Å². The minimum atomic E-state index is -0.392. The van der Waals surface area contributed by atoms with Gasteiger partial charge in [-0.2, -0.15) is 0 Å². The number of anilines is 2. The van der Waals surface area contributed by atoms with Crippen molar-refractivity contribution in [3.05, 3.63) is 64.2 Å². The Kier molecular flexibility index (Phi) is 4.78. The molecule has 0 unspecified atom stereocenters. The second-order valence-electron chi connectivity index (χ2n) is 5.02. The Morgan fingerprint density at radius 3 is 2.42 bits per heavy atom. The SMILES string of the molecule is Cc1sc(NC(=O)Nc2ccc(Cl)cc2)nc1-c1ccc(F)cc1. The minimum Gasteiger partial charge on any atom is -0.308 e. The van der Waals surface area contributed by atoms with E-state index in [1.807, 2.05) is 6.92 Å². The predicted octanol–water partition coefficient (Wildman–Crippen LogP) is 5.56. The van der Waals surface area contributed by atoms with Crippen molar-refractivity contribution in [1.82, 2.24) is 4.98 Å². The van der Waals surface area contributed by atoms with Crippen LogP contribution < -0.4 is 10.6 Å². The van der Waals surface area contributed by atoms with Gasteiger partial charge in [-0.3, -0.25) is 5.32 Å². The molecular formula is C17H13ClFN3OS. The molecular weight excluding hydrogens is 349 g/mol. The van der Waals surface area contributed by atoms with Gasteiger partial charge in [0.1, 0.15) is 5.82 Å². The summed E-state index contributed by atoms with van der Waals surface area (Å²) in [5.41, 5.74) is 2.15. The second kappa shape index (κ2) is 6.98. The van der Waals surface area contributed by atoms with E-state index < -0.39 is 6.03 Å². The molecule has 0 saturated carbocycles. The zero-order valence-corrected chi connectivity index (χ0v) is 14.2. The van der Waals surface area contributed by atoms with Crippen LogP contribution in [0.1, 0.15) is 4.88 Å². The van der Waals surface area contributed by atoms with Crippen molar-refractivity contribution in [3.63, 3.8) is 0 Å². The highest BCUT2D eigenvalue weighted by Crippen LogP contribution is 2.30. The van der Waals surface area contributed by atoms with Gasteiger partial charge in [0.2, 0.25) is 0 Å². The molecule has 0 fully saturated rings. The van der Waals surface area contributed by atoms with Gasteiger partial charge < -0.3 is 5.32 Å². The fourth-order valence-electron chi connectivity index (χ4n) is 2.12. The first-order valence-corrected chi connectivity index (χ1v) is 8.27. The lowest BCUT2D eigenvalue weighted by Crippen LogP contribution is -2.19. The summed E-state index contributed by atoms with van der Waals surface area (Å²) in [6, 6.07) is 12.5. The molecule has 0 atom stereocenters. The summed E-state index contributed by atoms with van der Waals surface area (Å²) in [5.74, 6) is -0.299. The number of aryl methyl sites for hydroxylation is 1. The van der Waals surface area contributed by atoms with Gasteiger partial charge in [0.15, 0.2) is 5.13 Å². The molecule has 2 N–H and O–H groups in total. The zero-order valence-electron chi connectivity index (χ0n) is 12.6. The highest BCUT2D eigenvalue weighted by atomic mass is 35.5. The van der Waals surface area contributed by atoms with Crippen molar-refractivity contribution in [1.29, 1.82) is 0 Å². The van der Waals surface area contributed by atoms with E-state index in [9.17, 15) is 9.18 Å². The lowest BCUT2D eigenvalue weighted by Gasteiger charge is -2.05. The number of thiazole rings is 1. The molecule has 7 heteroatoms. The molecule has 2 aromatic carbocycles. The Bertz CT molecular complexity index is 863. The van der Waals surface area contributed by atoms with Crippen LogP contribution in [-0.4, -0.2) is 11.0 Å². The first-order chi connectivity index (χ1) is 11.5. The van der Waals surface area contributed by atoms with Crippen molar-refractivity contribution in [2.45, 2.75) is 6.92 Å². The number of hydrogen-bond acceptors (Lipinski definition) is 3. The van der Waals surface area contributed by atoms with Crippen molar-refractivity contribution in [3.8, 4) is 11.3 Å². The van der Waals surface area contributed by atoms with E-state index in [1.165, 1.54) is 23.5 Å². The molecule has 0 bridgehead atoms. The first-order valence-electron chi connectivity index (χ1n) is 7.08. The van der Waals surface area contributed by atoms with Gasteiger partial charge in [0.25, 0.3) is 0 Å². The van der Waals surface area contributed by atoms with E-state index in [1.54, 1.807) is 36.4 Å². The number of carbonyl (C=O) groups excluding carboxylic acids is 1. The number of rotatable bonds is 3. The summed E-state index contributed by atoms with van der Waals surface area (Å²) in [5, 5.41) is 6.47. The maximum absolute atomic E-state index is 13.0. The Hall–Kier alpha value is -2.44. The Morgan fingerprint density at radius 2 is 1.75 bits per heavy atom. The number of amides is 2. The molecule has 0 aliphatic heterocycles. The third-order valence-corrected chi connectivity index (χ3v) is 4.38. The smallest absolute Gasteiger partial charge is 0.308 e. The number of carbonyl (C=O) groups is 1. The monoisotopic (exact) mass is 361 g/mol. The molecule has 122 valence electrons. The summed E-state index contributed by atoms with van der Waals surface area (Å²) in [6.07, 6.45) is 0. The Balaban J connectivity index is 1.71. The molecule has 2 amide bonds. The van der Waals surface area contributed by atoms with Crippen molar-refractivity contribution in [2.24, 2.45) is 0 Å². The number of aromatic nitrogens is 1. The van der Waals surface area contributed by atoms with Gasteiger partial charge in [-0.1, -0.05) is 11.6 Å². The van der Waals surface area contributed by atoms with Crippen molar-refractivity contribution in [2.75, 3.05) is 10.6 Å². The fourth-order valence-corrected chi connectivity index (χ4v) is 3.08. The van der Waals surface area contributed by atoms with Crippen LogP contribution in [-0.2, 0) is 0 Å². The van der Waals surface area contributed by atoms with Gasteiger partial charge in [-0.15, -0.1) is 11.3 Å². The van der Waals surface area contributed by atoms with E-state index in [2.05, 4.69) is 15.6 Å². The quantitative estimate of drug-likeness (QED) is 0.642. The number of nitrogens with one attached hydrogen (secondary N) is 2. The average molecular weight is 362 g/mol. The summed E-state index contributed by atoms with van der Waals surface area (Å²) in [4.78, 5) is 17.4. The number of nitrogens with zero attached hydrogens (tertiary/aromatic N) is 1. The van der Waals surface area contributed by atoms with Crippen LogP contribution in [0.25, 0.3) is 11.3 Å². The van der Waals surface area contributed by atoms with Gasteiger partial charge in [0, 0.05) is 21.2 Å². The molecule has 0 spiro atoms. The summed E-state index contributed by atoms with van der Waals surface area (Å²) < 4.78 is 13.0. The summed E-state index contributed by atoms with van der Waals surface area (Å²) in [7, 11) is 0. The highest BCUT2D eigenvalue weighted by Gasteiger charge is 2.12. The van der Waals surface area contributed by atoms with Crippen LogP contribution in [0.5, 0.6) is 0 Å². The minimum absolute atomic E-state index is 0.299.